The minimum absolute atomic E-state index is 0.0500. The van der Waals surface area contributed by atoms with Crippen molar-refractivity contribution in [2.45, 2.75) is 13.5 Å². The molecule has 0 radical (unpaired) electrons. The maximum Gasteiger partial charge on any atom is 0.257 e. The van der Waals surface area contributed by atoms with E-state index in [1.54, 1.807) is 24.3 Å². The molecular weight excluding hydrogens is 284 g/mol. The molecule has 0 unspecified atom stereocenters. The van der Waals surface area contributed by atoms with Crippen LogP contribution in [-0.2, 0) is 6.61 Å². The topological polar surface area (TPSA) is 64.3 Å². The van der Waals surface area contributed by atoms with Crippen LogP contribution in [0, 0.1) is 6.92 Å². The lowest BCUT2D eigenvalue weighted by atomic mass is 10.1. The molecule has 0 aliphatic rings. The number of rotatable bonds is 4. The summed E-state index contributed by atoms with van der Waals surface area (Å²) in [5.41, 5.74) is 8.00. The van der Waals surface area contributed by atoms with Crippen LogP contribution in [0.25, 0.3) is 0 Å². The third-order valence-electron chi connectivity index (χ3n) is 2.86. The highest BCUT2D eigenvalue weighted by molar-refractivity contribution is 7.80. The molecule has 0 saturated heterocycles. The highest BCUT2D eigenvalue weighted by atomic mass is 32.1. The van der Waals surface area contributed by atoms with Gasteiger partial charge in [-0.15, -0.1) is 0 Å². The number of nitrogens with one attached hydrogen (secondary N) is 1. The first-order valence-corrected chi connectivity index (χ1v) is 6.84. The Balaban J connectivity index is 2.02. The van der Waals surface area contributed by atoms with E-state index in [-0.39, 0.29) is 11.0 Å². The van der Waals surface area contributed by atoms with Crippen LogP contribution < -0.4 is 15.8 Å². The number of aryl methyl sites for hydroxylation is 1. The molecule has 0 aliphatic heterocycles. The predicted molar refractivity (Wildman–Crippen MR) is 86.2 cm³/mol. The number of nitrogens with two attached hydrogens (primary N) is 1. The summed E-state index contributed by atoms with van der Waals surface area (Å²) >= 11 is 4.64. The Morgan fingerprint density at radius 3 is 2.62 bits per heavy atom. The Hall–Kier alpha value is -2.40. The van der Waals surface area contributed by atoms with Gasteiger partial charge in [0.15, 0.2) is 5.11 Å². The van der Waals surface area contributed by atoms with Crippen molar-refractivity contribution >= 4 is 23.2 Å². The Morgan fingerprint density at radius 2 is 1.95 bits per heavy atom. The molecule has 2 aromatic carbocycles. The number of carbonyl (C=O) groups is 1. The minimum atomic E-state index is -0.344. The summed E-state index contributed by atoms with van der Waals surface area (Å²) in [6, 6.07) is 15.0. The van der Waals surface area contributed by atoms with Crippen molar-refractivity contribution < 1.29 is 9.53 Å². The molecule has 0 fully saturated rings. The molecule has 108 valence electrons. The van der Waals surface area contributed by atoms with Gasteiger partial charge in [-0.2, -0.15) is 0 Å². The van der Waals surface area contributed by atoms with Gasteiger partial charge in [0.05, 0.1) is 0 Å². The van der Waals surface area contributed by atoms with Crippen LogP contribution in [0.1, 0.15) is 21.5 Å². The molecule has 5 heteroatoms. The molecule has 0 heterocycles. The fourth-order valence-corrected chi connectivity index (χ4v) is 1.85. The molecule has 3 N–H and O–H groups in total. The molecule has 2 aromatic rings. The highest BCUT2D eigenvalue weighted by Crippen LogP contribution is 2.15. The van der Waals surface area contributed by atoms with Gasteiger partial charge in [0.1, 0.15) is 12.4 Å². The van der Waals surface area contributed by atoms with Gasteiger partial charge in [-0.05, 0) is 42.9 Å². The fraction of sp³-hybridized carbons (Fsp3) is 0.125. The maximum absolute atomic E-state index is 11.8. The molecule has 0 aliphatic carbocycles. The van der Waals surface area contributed by atoms with Crippen LogP contribution >= 0.6 is 12.2 Å². The van der Waals surface area contributed by atoms with Crippen molar-refractivity contribution in [3.8, 4) is 5.75 Å². The van der Waals surface area contributed by atoms with Crippen LogP contribution in [0.4, 0.5) is 0 Å². The zero-order valence-corrected chi connectivity index (χ0v) is 12.4. The van der Waals surface area contributed by atoms with E-state index in [1.807, 2.05) is 31.2 Å². The lowest BCUT2D eigenvalue weighted by Crippen LogP contribution is -2.34. The maximum atomic E-state index is 11.8. The third-order valence-corrected chi connectivity index (χ3v) is 2.96. The molecule has 0 aromatic heterocycles. The summed E-state index contributed by atoms with van der Waals surface area (Å²) in [5.74, 6) is 0.273. The van der Waals surface area contributed by atoms with Gasteiger partial charge in [-0.1, -0.05) is 35.9 Å². The van der Waals surface area contributed by atoms with Crippen molar-refractivity contribution in [1.29, 1.82) is 0 Å². The number of thiocarbonyl (C=S) groups is 1. The molecule has 0 spiro atoms. The van der Waals surface area contributed by atoms with Crippen LogP contribution in [0.15, 0.2) is 48.5 Å². The van der Waals surface area contributed by atoms with E-state index in [0.717, 1.165) is 5.56 Å². The van der Waals surface area contributed by atoms with Crippen LogP contribution in [-0.4, -0.2) is 11.0 Å². The number of hydrogen-bond donors (Lipinski definition) is 2. The van der Waals surface area contributed by atoms with Crippen LogP contribution in [0.2, 0.25) is 0 Å². The standard InChI is InChI=1S/C16H16N2O2S/c1-11-5-7-12(8-6-11)10-20-14-4-2-3-13(9-14)15(19)18-16(17)21/h2-9H,10H2,1H3,(H3,17,18,19,21). The molecule has 0 atom stereocenters. The van der Waals surface area contributed by atoms with E-state index in [4.69, 9.17) is 10.5 Å². The van der Waals surface area contributed by atoms with E-state index in [9.17, 15) is 4.79 Å². The van der Waals surface area contributed by atoms with Gasteiger partial charge in [-0.25, -0.2) is 0 Å². The van der Waals surface area contributed by atoms with Crippen molar-refractivity contribution in [3.63, 3.8) is 0 Å². The average molecular weight is 300 g/mol. The van der Waals surface area contributed by atoms with E-state index < -0.39 is 0 Å². The molecular formula is C16H16N2O2S. The monoisotopic (exact) mass is 300 g/mol. The summed E-state index contributed by atoms with van der Waals surface area (Å²) in [4.78, 5) is 11.8. The smallest absolute Gasteiger partial charge is 0.257 e. The molecule has 1 amide bonds. The third kappa shape index (κ3) is 4.57. The Labute approximate surface area is 128 Å². The molecule has 21 heavy (non-hydrogen) atoms. The first-order valence-electron chi connectivity index (χ1n) is 6.44. The zero-order valence-electron chi connectivity index (χ0n) is 11.6. The normalized spacial score (nSPS) is 9.95. The predicted octanol–water partition coefficient (Wildman–Crippen LogP) is 2.55. The van der Waals surface area contributed by atoms with E-state index in [2.05, 4.69) is 17.5 Å². The van der Waals surface area contributed by atoms with E-state index in [1.165, 1.54) is 5.56 Å². The Kier molecular flexibility index (Phi) is 4.90. The summed E-state index contributed by atoms with van der Waals surface area (Å²) in [6.45, 7) is 2.48. The summed E-state index contributed by atoms with van der Waals surface area (Å²) in [7, 11) is 0. The second kappa shape index (κ2) is 6.85. The van der Waals surface area contributed by atoms with E-state index in [0.29, 0.717) is 17.9 Å². The number of amides is 1. The zero-order chi connectivity index (χ0) is 15.2. The van der Waals surface area contributed by atoms with Crippen molar-refractivity contribution in [2.75, 3.05) is 0 Å². The van der Waals surface area contributed by atoms with Crippen LogP contribution in [0.3, 0.4) is 0 Å². The highest BCUT2D eigenvalue weighted by Gasteiger charge is 2.07. The number of ether oxygens (including phenoxy) is 1. The Morgan fingerprint density at radius 1 is 1.24 bits per heavy atom. The number of hydrogen-bond acceptors (Lipinski definition) is 3. The summed E-state index contributed by atoms with van der Waals surface area (Å²) in [6.07, 6.45) is 0. The van der Waals surface area contributed by atoms with Crippen LogP contribution in [0.5, 0.6) is 5.75 Å². The van der Waals surface area contributed by atoms with Crippen molar-refractivity contribution in [1.82, 2.24) is 5.32 Å². The van der Waals surface area contributed by atoms with Gasteiger partial charge in [0, 0.05) is 5.56 Å². The first-order chi connectivity index (χ1) is 10.0. The SMILES string of the molecule is Cc1ccc(COc2cccc(C(=O)NC(N)=S)c2)cc1. The molecule has 2 rings (SSSR count). The largest absolute Gasteiger partial charge is 0.489 e. The molecule has 0 bridgehead atoms. The van der Waals surface area contributed by atoms with Gasteiger partial charge in [0.25, 0.3) is 5.91 Å². The van der Waals surface area contributed by atoms with Crippen molar-refractivity contribution in [3.05, 3.63) is 65.2 Å². The average Bonchev–Trinajstić information content (AvgIpc) is 2.46. The minimum Gasteiger partial charge on any atom is -0.489 e. The van der Waals surface area contributed by atoms with Gasteiger partial charge >= 0.3 is 0 Å². The molecule has 0 saturated carbocycles. The fourth-order valence-electron chi connectivity index (χ4n) is 1.76. The molecule has 4 nitrogen and oxygen atoms in total. The Bertz CT molecular complexity index is 654. The van der Waals surface area contributed by atoms with Gasteiger partial charge in [-0.3, -0.25) is 10.1 Å². The number of benzene rings is 2. The van der Waals surface area contributed by atoms with Crippen molar-refractivity contribution in [2.24, 2.45) is 5.73 Å². The lowest BCUT2D eigenvalue weighted by Gasteiger charge is -2.08. The van der Waals surface area contributed by atoms with E-state index >= 15 is 0 Å². The quantitative estimate of drug-likeness (QED) is 0.852. The summed E-state index contributed by atoms with van der Waals surface area (Å²) in [5, 5.41) is 2.33. The van der Waals surface area contributed by atoms with Gasteiger partial charge < -0.3 is 10.5 Å². The second-order valence-corrected chi connectivity index (χ2v) is 5.06. The summed E-state index contributed by atoms with van der Waals surface area (Å²) < 4.78 is 5.68. The number of carbonyl (C=O) groups excluding carboxylic acids is 1. The van der Waals surface area contributed by atoms with Gasteiger partial charge in [0.2, 0.25) is 0 Å². The second-order valence-electron chi connectivity index (χ2n) is 4.62. The first kappa shape index (κ1) is 15.0. The lowest BCUT2D eigenvalue weighted by molar-refractivity contribution is 0.0977.